The van der Waals surface area contributed by atoms with Crippen LogP contribution in [0.4, 0.5) is 5.69 Å². The van der Waals surface area contributed by atoms with Crippen LogP contribution in [0, 0.1) is 0 Å². The molecule has 3 rings (SSSR count). The average molecular weight is 303 g/mol. The number of hydrogen-bond acceptors (Lipinski definition) is 4. The fourth-order valence-corrected chi connectivity index (χ4v) is 3.36. The van der Waals surface area contributed by atoms with Crippen LogP contribution in [0.1, 0.15) is 43.1 Å². The van der Waals surface area contributed by atoms with E-state index in [1.165, 1.54) is 6.42 Å². The van der Waals surface area contributed by atoms with Crippen LogP contribution in [0.2, 0.25) is 0 Å². The summed E-state index contributed by atoms with van der Waals surface area (Å²) in [6.45, 7) is 6.31. The first-order chi connectivity index (χ1) is 10.8. The van der Waals surface area contributed by atoms with Gasteiger partial charge in [-0.1, -0.05) is 6.92 Å². The third-order valence-electron chi connectivity index (χ3n) is 4.70. The van der Waals surface area contributed by atoms with Gasteiger partial charge in [0.2, 0.25) is 0 Å². The Bertz CT molecular complexity index is 497. The van der Waals surface area contributed by atoms with Crippen molar-refractivity contribution < 1.29 is 9.53 Å². The molecule has 1 amide bonds. The molecule has 120 valence electrons. The number of ether oxygens (including phenoxy) is 1. The van der Waals surface area contributed by atoms with E-state index in [0.29, 0.717) is 11.7 Å². The molecule has 1 atom stereocenters. The van der Waals surface area contributed by atoms with Gasteiger partial charge in [0.25, 0.3) is 5.91 Å². The van der Waals surface area contributed by atoms with Gasteiger partial charge >= 0.3 is 0 Å². The molecule has 0 spiro atoms. The maximum absolute atomic E-state index is 12.7. The monoisotopic (exact) mass is 303 g/mol. The van der Waals surface area contributed by atoms with Gasteiger partial charge in [-0.3, -0.25) is 4.79 Å². The number of piperidine rings is 1. The van der Waals surface area contributed by atoms with Gasteiger partial charge in [-0.25, -0.2) is 4.98 Å². The molecule has 0 radical (unpaired) electrons. The highest BCUT2D eigenvalue weighted by Crippen LogP contribution is 2.22. The summed E-state index contributed by atoms with van der Waals surface area (Å²) in [5.74, 6) is 0.0834. The van der Waals surface area contributed by atoms with Gasteiger partial charge in [-0.2, -0.15) is 0 Å². The van der Waals surface area contributed by atoms with E-state index in [2.05, 4.69) is 16.8 Å². The number of hydrogen-bond donors (Lipinski definition) is 0. The molecule has 2 aliphatic heterocycles. The number of aromatic nitrogens is 1. The van der Waals surface area contributed by atoms with Crippen molar-refractivity contribution in [3.05, 3.63) is 24.0 Å². The molecular formula is C17H25N3O2. The number of nitrogens with zero attached hydrogens (tertiary/aromatic N) is 3. The third kappa shape index (κ3) is 3.24. The van der Waals surface area contributed by atoms with E-state index in [1.807, 2.05) is 23.2 Å². The highest BCUT2D eigenvalue weighted by molar-refractivity contribution is 5.92. The summed E-state index contributed by atoms with van der Waals surface area (Å²) < 4.78 is 5.36. The first kappa shape index (κ1) is 15.3. The van der Waals surface area contributed by atoms with Crippen molar-refractivity contribution in [3.63, 3.8) is 0 Å². The fraction of sp³-hybridized carbons (Fsp3) is 0.647. The zero-order valence-corrected chi connectivity index (χ0v) is 13.3. The molecule has 2 aliphatic rings. The summed E-state index contributed by atoms with van der Waals surface area (Å²) in [5.41, 5.74) is 1.64. The van der Waals surface area contributed by atoms with Crippen molar-refractivity contribution in [1.29, 1.82) is 0 Å². The Labute approximate surface area is 132 Å². The van der Waals surface area contributed by atoms with Gasteiger partial charge < -0.3 is 14.5 Å². The van der Waals surface area contributed by atoms with E-state index in [9.17, 15) is 4.79 Å². The van der Waals surface area contributed by atoms with Crippen molar-refractivity contribution in [3.8, 4) is 0 Å². The second kappa shape index (κ2) is 7.09. The number of rotatable bonds is 3. The van der Waals surface area contributed by atoms with Crippen LogP contribution in [0.25, 0.3) is 0 Å². The molecule has 1 aromatic heterocycles. The predicted octanol–water partition coefficient (Wildman–Crippen LogP) is 2.32. The van der Waals surface area contributed by atoms with Crippen molar-refractivity contribution in [2.24, 2.45) is 0 Å². The molecular weight excluding hydrogens is 278 g/mol. The van der Waals surface area contributed by atoms with Crippen LogP contribution in [0.15, 0.2) is 18.3 Å². The summed E-state index contributed by atoms with van der Waals surface area (Å²) in [6.07, 6.45) is 6.30. The Hall–Kier alpha value is -1.62. The molecule has 1 aromatic rings. The fourth-order valence-electron chi connectivity index (χ4n) is 3.36. The smallest absolute Gasteiger partial charge is 0.272 e. The molecule has 5 nitrogen and oxygen atoms in total. The lowest BCUT2D eigenvalue weighted by Crippen LogP contribution is -2.43. The SMILES string of the molecule is CCC1CCCCN1C(=O)c1ccc(N2CCOCC2)cn1. The Morgan fingerprint density at radius 2 is 2.09 bits per heavy atom. The quantitative estimate of drug-likeness (QED) is 0.860. The Morgan fingerprint density at radius 3 is 2.77 bits per heavy atom. The Kier molecular flexibility index (Phi) is 4.93. The molecule has 5 heteroatoms. The number of carbonyl (C=O) groups is 1. The van der Waals surface area contributed by atoms with Crippen molar-refractivity contribution >= 4 is 11.6 Å². The van der Waals surface area contributed by atoms with Gasteiger partial charge in [0.1, 0.15) is 5.69 Å². The maximum atomic E-state index is 12.7. The van der Waals surface area contributed by atoms with Gasteiger partial charge in [0, 0.05) is 25.7 Å². The summed E-state index contributed by atoms with van der Waals surface area (Å²) in [7, 11) is 0. The standard InChI is InChI=1S/C17H25N3O2/c1-2-14-5-3-4-8-20(14)17(21)16-7-6-15(13-18-16)19-9-11-22-12-10-19/h6-7,13-14H,2-5,8-12H2,1H3. The molecule has 2 saturated heterocycles. The molecule has 2 fully saturated rings. The molecule has 3 heterocycles. The van der Waals surface area contributed by atoms with Crippen LogP contribution in [-0.4, -0.2) is 54.7 Å². The maximum Gasteiger partial charge on any atom is 0.272 e. The summed E-state index contributed by atoms with van der Waals surface area (Å²) in [5, 5.41) is 0. The summed E-state index contributed by atoms with van der Waals surface area (Å²) in [6, 6.07) is 4.26. The van der Waals surface area contributed by atoms with Gasteiger partial charge in [-0.15, -0.1) is 0 Å². The van der Waals surface area contributed by atoms with E-state index < -0.39 is 0 Å². The van der Waals surface area contributed by atoms with Crippen LogP contribution >= 0.6 is 0 Å². The van der Waals surface area contributed by atoms with Crippen molar-refractivity contribution in [2.45, 2.75) is 38.6 Å². The number of pyridine rings is 1. The van der Waals surface area contributed by atoms with E-state index in [4.69, 9.17) is 4.74 Å². The second-order valence-electron chi connectivity index (χ2n) is 6.06. The van der Waals surface area contributed by atoms with E-state index in [-0.39, 0.29) is 5.91 Å². The molecule has 0 bridgehead atoms. The first-order valence-corrected chi connectivity index (χ1v) is 8.39. The third-order valence-corrected chi connectivity index (χ3v) is 4.70. The largest absolute Gasteiger partial charge is 0.378 e. The number of carbonyl (C=O) groups excluding carboxylic acids is 1. The molecule has 0 N–H and O–H groups in total. The zero-order valence-electron chi connectivity index (χ0n) is 13.3. The van der Waals surface area contributed by atoms with E-state index in [1.54, 1.807) is 0 Å². The summed E-state index contributed by atoms with van der Waals surface area (Å²) >= 11 is 0. The van der Waals surface area contributed by atoms with Crippen LogP contribution < -0.4 is 4.90 Å². The number of anilines is 1. The first-order valence-electron chi connectivity index (χ1n) is 8.39. The van der Waals surface area contributed by atoms with Crippen LogP contribution in [0.5, 0.6) is 0 Å². The van der Waals surface area contributed by atoms with Crippen LogP contribution in [-0.2, 0) is 4.74 Å². The summed E-state index contributed by atoms with van der Waals surface area (Å²) in [4.78, 5) is 21.4. The highest BCUT2D eigenvalue weighted by Gasteiger charge is 2.26. The molecule has 0 aliphatic carbocycles. The topological polar surface area (TPSA) is 45.7 Å². The zero-order chi connectivity index (χ0) is 15.4. The molecule has 22 heavy (non-hydrogen) atoms. The average Bonchev–Trinajstić information content (AvgIpc) is 2.62. The van der Waals surface area contributed by atoms with Gasteiger partial charge in [0.15, 0.2) is 0 Å². The highest BCUT2D eigenvalue weighted by atomic mass is 16.5. The van der Waals surface area contributed by atoms with Gasteiger partial charge in [0.05, 0.1) is 25.1 Å². The lowest BCUT2D eigenvalue weighted by molar-refractivity contribution is 0.0602. The minimum absolute atomic E-state index is 0.0834. The van der Waals surface area contributed by atoms with Crippen LogP contribution in [0.3, 0.4) is 0 Å². The Balaban J connectivity index is 1.70. The van der Waals surface area contributed by atoms with E-state index >= 15 is 0 Å². The minimum Gasteiger partial charge on any atom is -0.378 e. The molecule has 1 unspecified atom stereocenters. The molecule has 0 aromatic carbocycles. The minimum atomic E-state index is 0.0834. The van der Waals surface area contributed by atoms with Crippen molar-refractivity contribution in [2.75, 3.05) is 37.7 Å². The Morgan fingerprint density at radius 1 is 1.27 bits per heavy atom. The second-order valence-corrected chi connectivity index (χ2v) is 6.06. The van der Waals surface area contributed by atoms with Gasteiger partial charge in [-0.05, 0) is 37.8 Å². The lowest BCUT2D eigenvalue weighted by Gasteiger charge is -2.35. The number of amides is 1. The molecule has 0 saturated carbocycles. The predicted molar refractivity (Wildman–Crippen MR) is 86.2 cm³/mol. The van der Waals surface area contributed by atoms with Crippen molar-refractivity contribution in [1.82, 2.24) is 9.88 Å². The number of morpholine rings is 1. The number of likely N-dealkylation sites (tertiary alicyclic amines) is 1. The van der Waals surface area contributed by atoms with E-state index in [0.717, 1.165) is 57.8 Å². The lowest BCUT2D eigenvalue weighted by atomic mass is 9.99. The normalized spacial score (nSPS) is 22.7.